The monoisotopic (exact) mass is 1130 g/mol. The van der Waals surface area contributed by atoms with Crippen molar-refractivity contribution >= 4 is 80.2 Å². The van der Waals surface area contributed by atoms with Crippen molar-refractivity contribution in [2.45, 2.75) is 82.6 Å². The molecule has 404 valence electrons. The Labute approximate surface area is 470 Å². The van der Waals surface area contributed by atoms with Crippen LogP contribution in [0.2, 0.25) is 0 Å². The Morgan fingerprint density at radius 3 is 1.18 bits per heavy atom. The van der Waals surface area contributed by atoms with E-state index in [1.807, 2.05) is 123 Å². The van der Waals surface area contributed by atoms with Crippen LogP contribution in [-0.2, 0) is 32.9 Å². The van der Waals surface area contributed by atoms with Gasteiger partial charge in [-0.3, -0.25) is 0 Å². The summed E-state index contributed by atoms with van der Waals surface area (Å²) in [5.74, 6) is 2.13. The second kappa shape index (κ2) is 20.3. The maximum absolute atomic E-state index is 16.1. The van der Waals surface area contributed by atoms with Crippen LogP contribution < -0.4 is 18.1 Å². The first-order valence-electron chi connectivity index (χ1n) is 27.1. The van der Waals surface area contributed by atoms with Gasteiger partial charge in [-0.05, 0) is 136 Å². The van der Waals surface area contributed by atoms with Crippen LogP contribution in [0.4, 0.5) is 0 Å². The predicted octanol–water partition coefficient (Wildman–Crippen LogP) is 16.8. The lowest BCUT2D eigenvalue weighted by atomic mass is 9.63. The number of benzene rings is 10. The topological polar surface area (TPSA) is 112 Å². The van der Waals surface area contributed by atoms with Crippen molar-refractivity contribution in [2.75, 3.05) is 6.54 Å². The highest BCUT2D eigenvalue weighted by Gasteiger charge is 2.54. The first kappa shape index (κ1) is 52.5. The molecular weight excluding hydrogens is 1070 g/mol. The molecule has 10 aromatic rings. The van der Waals surface area contributed by atoms with Crippen LogP contribution in [0.1, 0.15) is 73.4 Å². The minimum atomic E-state index is -4.44. The molecule has 0 bridgehead atoms. The van der Waals surface area contributed by atoms with Crippen LogP contribution in [0.5, 0.6) is 23.0 Å². The van der Waals surface area contributed by atoms with Gasteiger partial charge in [-0.15, -0.1) is 8.15 Å². The van der Waals surface area contributed by atoms with Gasteiger partial charge < -0.3 is 18.1 Å². The SMILES string of the molecule is Cc1ccc(S(=O)(=O)N(CC2(C)CC(N(P3Oc4ccc5ccccc5c4Cc4c(ccc5ccccc45)O3)S(=O)(=O)c3ccc(C)cc3)CC(C)(C)C2)P2Oc3ccc4ccccc4c3Cc3c(ccc4ccccc34)O2)cc1. The number of hydrogen-bond donors (Lipinski definition) is 0. The number of nitrogens with zero attached hydrogens (tertiary/aromatic N) is 2. The molecule has 0 spiro atoms. The fourth-order valence-electron chi connectivity index (χ4n) is 12.7. The van der Waals surface area contributed by atoms with Crippen molar-refractivity contribution in [2.24, 2.45) is 10.8 Å². The van der Waals surface area contributed by atoms with E-state index in [4.69, 9.17) is 18.1 Å². The highest BCUT2D eigenvalue weighted by atomic mass is 32.2. The van der Waals surface area contributed by atoms with E-state index in [9.17, 15) is 0 Å². The van der Waals surface area contributed by atoms with Crippen LogP contribution in [0, 0.1) is 24.7 Å². The van der Waals surface area contributed by atoms with Gasteiger partial charge in [-0.25, -0.2) is 16.8 Å². The lowest BCUT2D eigenvalue weighted by molar-refractivity contribution is 0.0528. The molecule has 0 aromatic heterocycles. The van der Waals surface area contributed by atoms with Crippen LogP contribution >= 0.6 is 17.1 Å². The largest absolute Gasteiger partial charge is 0.426 e. The molecule has 14 heteroatoms. The highest BCUT2D eigenvalue weighted by Crippen LogP contribution is 2.60. The number of hydrogen-bond acceptors (Lipinski definition) is 8. The molecule has 0 saturated heterocycles. The molecule has 10 nitrogen and oxygen atoms in total. The maximum Gasteiger partial charge on any atom is 0.399 e. The van der Waals surface area contributed by atoms with Crippen LogP contribution in [-0.4, -0.2) is 37.6 Å². The second-order valence-electron chi connectivity index (χ2n) is 22.9. The first-order chi connectivity index (χ1) is 38.5. The van der Waals surface area contributed by atoms with E-state index in [0.717, 1.165) is 76.5 Å². The summed E-state index contributed by atoms with van der Waals surface area (Å²) in [6, 6.07) is 61.6. The van der Waals surface area contributed by atoms with Crippen molar-refractivity contribution < 1.29 is 34.9 Å². The van der Waals surface area contributed by atoms with Crippen molar-refractivity contribution in [3.8, 4) is 23.0 Å². The molecule has 0 amide bonds. The number of fused-ring (bicyclic) bond motifs is 12. The lowest BCUT2D eigenvalue weighted by Gasteiger charge is -2.50. The zero-order valence-corrected chi connectivity index (χ0v) is 48.6. The molecule has 3 aliphatic rings. The molecular formula is C66H60N2O8P2S2. The number of rotatable bonds is 9. The minimum Gasteiger partial charge on any atom is -0.426 e. The Morgan fingerprint density at radius 2 is 0.787 bits per heavy atom. The molecule has 1 fully saturated rings. The average Bonchev–Trinajstić information content (AvgIpc) is 3.47. The Morgan fingerprint density at radius 1 is 0.438 bits per heavy atom. The van der Waals surface area contributed by atoms with Gasteiger partial charge in [0, 0.05) is 47.7 Å². The normalized spacial score (nSPS) is 18.6. The van der Waals surface area contributed by atoms with Gasteiger partial charge in [-0.1, -0.05) is 177 Å². The summed E-state index contributed by atoms with van der Waals surface area (Å²) in [4.78, 5) is 0.191. The van der Waals surface area contributed by atoms with Gasteiger partial charge in [0.15, 0.2) is 0 Å². The van der Waals surface area contributed by atoms with E-state index in [-0.39, 0.29) is 22.8 Å². The minimum absolute atomic E-state index is 0.0810. The van der Waals surface area contributed by atoms with E-state index < -0.39 is 54.0 Å². The van der Waals surface area contributed by atoms with Gasteiger partial charge in [0.05, 0.1) is 9.79 Å². The van der Waals surface area contributed by atoms with Crippen molar-refractivity contribution in [3.05, 3.63) is 228 Å². The second-order valence-corrected chi connectivity index (χ2v) is 29.7. The zero-order chi connectivity index (χ0) is 55.1. The first-order valence-corrected chi connectivity index (χ1v) is 32.2. The Kier molecular flexibility index (Phi) is 13.3. The van der Waals surface area contributed by atoms with Gasteiger partial charge in [-0.2, -0.15) is 0 Å². The Hall–Kier alpha value is -6.88. The van der Waals surface area contributed by atoms with E-state index in [1.54, 1.807) is 36.4 Å². The zero-order valence-electron chi connectivity index (χ0n) is 45.2. The molecule has 0 N–H and O–H groups in total. The molecule has 2 unspecified atom stereocenters. The predicted molar refractivity (Wildman–Crippen MR) is 323 cm³/mol. The molecule has 1 aliphatic carbocycles. The molecule has 80 heavy (non-hydrogen) atoms. The molecule has 0 radical (unpaired) electrons. The summed E-state index contributed by atoms with van der Waals surface area (Å²) >= 11 is 0. The third kappa shape index (κ3) is 9.67. The Balaban J connectivity index is 0.973. The van der Waals surface area contributed by atoms with E-state index in [1.165, 1.54) is 8.15 Å². The van der Waals surface area contributed by atoms with E-state index >= 15 is 16.8 Å². The van der Waals surface area contributed by atoms with Crippen LogP contribution in [0.25, 0.3) is 43.1 Å². The summed E-state index contributed by atoms with van der Waals surface area (Å²) in [5, 5.41) is 8.14. The number of aryl methyl sites for hydroxylation is 2. The standard InChI is InChI=1S/C66H60N2O8P2S2/c1-44-22-30-51(31-23-44)79(69,70)67(77-73-61-34-26-46-14-6-10-18-53(46)57(61)38-58-54-19-11-7-15-47(54)27-35-62(58)74-77)43-66(5)41-50(40-65(3,4)42-66)68(80(71,72)52-32-24-45(2)25-33-52)78-75-63-36-28-48-16-8-12-20-55(48)59(63)39-60-56-21-13-9-17-49(56)29-37-64(60)76-78/h6-37,50H,38-43H2,1-5H3. The van der Waals surface area contributed by atoms with Gasteiger partial charge in [0.2, 0.25) is 0 Å². The van der Waals surface area contributed by atoms with Crippen LogP contribution in [0.15, 0.2) is 204 Å². The van der Waals surface area contributed by atoms with Crippen molar-refractivity contribution in [3.63, 3.8) is 0 Å². The van der Waals surface area contributed by atoms with E-state index in [0.29, 0.717) is 48.7 Å². The quantitative estimate of drug-likeness (QED) is 0.131. The van der Waals surface area contributed by atoms with Gasteiger partial charge >= 0.3 is 17.1 Å². The fourth-order valence-corrected chi connectivity index (χ4v) is 20.2. The Bertz CT molecular complexity index is 4140. The lowest BCUT2D eigenvalue weighted by Crippen LogP contribution is -2.51. The van der Waals surface area contributed by atoms with Gasteiger partial charge in [0.25, 0.3) is 20.0 Å². The molecule has 2 heterocycles. The van der Waals surface area contributed by atoms with Gasteiger partial charge in [0.1, 0.15) is 23.0 Å². The average molecular weight is 1140 g/mol. The summed E-state index contributed by atoms with van der Waals surface area (Å²) in [5.41, 5.74) is 4.07. The highest BCUT2D eigenvalue weighted by molar-refractivity contribution is 7.94. The van der Waals surface area contributed by atoms with E-state index in [2.05, 4.69) is 69.3 Å². The third-order valence-electron chi connectivity index (χ3n) is 16.2. The smallest absolute Gasteiger partial charge is 0.399 e. The summed E-state index contributed by atoms with van der Waals surface area (Å²) in [6.45, 7) is 10.1. The van der Waals surface area contributed by atoms with Crippen LogP contribution in [0.3, 0.4) is 0 Å². The fraction of sp³-hybridized carbons (Fsp3) is 0.212. The molecule has 2 atom stereocenters. The molecule has 2 aliphatic heterocycles. The maximum atomic E-state index is 16.1. The number of sulfonamides is 2. The third-order valence-corrected chi connectivity index (χ3v) is 24.0. The van der Waals surface area contributed by atoms with Crippen molar-refractivity contribution in [1.29, 1.82) is 0 Å². The van der Waals surface area contributed by atoms with Crippen molar-refractivity contribution in [1.82, 2.24) is 8.15 Å². The summed E-state index contributed by atoms with van der Waals surface area (Å²) in [6.07, 6.45) is 2.14. The summed E-state index contributed by atoms with van der Waals surface area (Å²) < 4.78 is 95.6. The molecule has 1 saturated carbocycles. The summed E-state index contributed by atoms with van der Waals surface area (Å²) in [7, 11) is -13.9. The molecule has 13 rings (SSSR count). The molecule has 10 aromatic carbocycles.